The van der Waals surface area contributed by atoms with Crippen molar-refractivity contribution in [2.45, 2.75) is 91.4 Å². The fourth-order valence-corrected chi connectivity index (χ4v) is 6.19. The Kier molecular flexibility index (Phi) is 7.64. The van der Waals surface area contributed by atoms with Crippen LogP contribution in [0.25, 0.3) is 0 Å². The van der Waals surface area contributed by atoms with Crippen LogP contribution in [0.2, 0.25) is 0 Å². The molecule has 1 aromatic rings. The van der Waals surface area contributed by atoms with E-state index in [0.29, 0.717) is 0 Å². The van der Waals surface area contributed by atoms with Crippen molar-refractivity contribution >= 4 is 0 Å². The van der Waals surface area contributed by atoms with E-state index in [1.165, 1.54) is 76.2 Å². The Hall–Kier alpha value is -0.780. The topological polar surface area (TPSA) is 0 Å². The minimum atomic E-state index is 0.845. The van der Waals surface area contributed by atoms with Crippen molar-refractivity contribution in [2.24, 2.45) is 35.5 Å². The lowest BCUT2D eigenvalue weighted by atomic mass is 9.66. The Balaban J connectivity index is 1.42. The molecule has 0 N–H and O–H groups in total. The third kappa shape index (κ3) is 5.37. The van der Waals surface area contributed by atoms with Gasteiger partial charge in [-0.25, -0.2) is 0 Å². The van der Waals surface area contributed by atoms with E-state index >= 15 is 0 Å². The van der Waals surface area contributed by atoms with Crippen LogP contribution >= 0.6 is 0 Å². The molecule has 0 heterocycles. The summed E-state index contributed by atoms with van der Waals surface area (Å²) in [6.07, 6.45) is 16.2. The fourth-order valence-electron chi connectivity index (χ4n) is 6.19. The molecule has 0 bridgehead atoms. The molecule has 2 atom stereocenters. The molecule has 0 heteroatoms. The summed E-state index contributed by atoms with van der Waals surface area (Å²) in [5.74, 6) is 5.88. The minimum Gasteiger partial charge on any atom is -0.0654 e. The van der Waals surface area contributed by atoms with Gasteiger partial charge in [-0.3, -0.25) is 0 Å². The summed E-state index contributed by atoms with van der Waals surface area (Å²) in [4.78, 5) is 0. The smallest absolute Gasteiger partial charge is 0.0250 e. The Morgan fingerprint density at radius 2 is 1.31 bits per heavy atom. The van der Waals surface area contributed by atoms with Crippen LogP contribution < -0.4 is 0 Å². The van der Waals surface area contributed by atoms with Gasteiger partial charge in [0.2, 0.25) is 0 Å². The predicted molar refractivity (Wildman–Crippen MR) is 114 cm³/mol. The van der Waals surface area contributed by atoms with Crippen LogP contribution in [-0.4, -0.2) is 0 Å². The molecule has 2 fully saturated rings. The summed E-state index contributed by atoms with van der Waals surface area (Å²) in [5.41, 5.74) is 1.53. The lowest BCUT2D eigenvalue weighted by molar-refractivity contribution is 0.110. The zero-order valence-electron chi connectivity index (χ0n) is 17.6. The first-order valence-electron chi connectivity index (χ1n) is 11.7. The molecule has 26 heavy (non-hydrogen) atoms. The second-order valence-electron chi connectivity index (χ2n) is 9.77. The average molecular weight is 355 g/mol. The van der Waals surface area contributed by atoms with Crippen molar-refractivity contribution in [3.8, 4) is 0 Å². The van der Waals surface area contributed by atoms with Gasteiger partial charge in [0.1, 0.15) is 0 Å². The van der Waals surface area contributed by atoms with Crippen LogP contribution in [0.5, 0.6) is 0 Å². The molecule has 0 aliphatic heterocycles. The highest BCUT2D eigenvalue weighted by Crippen LogP contribution is 2.44. The molecule has 1 aromatic carbocycles. The summed E-state index contributed by atoms with van der Waals surface area (Å²) in [6, 6.07) is 11.1. The molecule has 2 saturated carbocycles. The molecule has 0 radical (unpaired) electrons. The molecule has 0 amide bonds. The maximum absolute atomic E-state index is 2.60. The quantitative estimate of drug-likeness (QED) is 0.466. The van der Waals surface area contributed by atoms with Gasteiger partial charge in [-0.1, -0.05) is 76.8 Å². The molecule has 0 aromatic heterocycles. The number of hydrogen-bond donors (Lipinski definition) is 0. The van der Waals surface area contributed by atoms with Crippen LogP contribution in [0, 0.1) is 35.5 Å². The summed E-state index contributed by atoms with van der Waals surface area (Å²) in [6.45, 7) is 7.45. The number of rotatable bonds is 7. The summed E-state index contributed by atoms with van der Waals surface area (Å²) < 4.78 is 0. The van der Waals surface area contributed by atoms with Gasteiger partial charge in [-0.2, -0.15) is 0 Å². The SMILES string of the molecule is CCCC1CCC(C(C)C2CCC(C(C)Cc3ccccc3)CC2)CC1. The molecule has 0 saturated heterocycles. The Morgan fingerprint density at radius 3 is 1.88 bits per heavy atom. The monoisotopic (exact) mass is 354 g/mol. The van der Waals surface area contributed by atoms with Gasteiger partial charge in [-0.05, 0) is 86.0 Å². The average Bonchev–Trinajstić information content (AvgIpc) is 2.69. The molecule has 0 nitrogen and oxygen atoms in total. The van der Waals surface area contributed by atoms with E-state index < -0.39 is 0 Å². The first-order chi connectivity index (χ1) is 12.7. The summed E-state index contributed by atoms with van der Waals surface area (Å²) in [7, 11) is 0. The molecule has 146 valence electrons. The summed E-state index contributed by atoms with van der Waals surface area (Å²) in [5, 5.41) is 0. The summed E-state index contributed by atoms with van der Waals surface area (Å²) >= 11 is 0. The predicted octanol–water partition coefficient (Wildman–Crippen LogP) is 7.91. The first kappa shape index (κ1) is 20.0. The molecule has 3 rings (SSSR count). The van der Waals surface area contributed by atoms with E-state index in [4.69, 9.17) is 0 Å². The van der Waals surface area contributed by atoms with Gasteiger partial charge in [0, 0.05) is 0 Å². The Bertz CT molecular complexity index is 488. The second-order valence-corrected chi connectivity index (χ2v) is 9.77. The molecular weight excluding hydrogens is 312 g/mol. The number of benzene rings is 1. The molecule has 2 unspecified atom stereocenters. The van der Waals surface area contributed by atoms with E-state index in [-0.39, 0.29) is 0 Å². The number of hydrogen-bond acceptors (Lipinski definition) is 0. The molecule has 0 spiro atoms. The van der Waals surface area contributed by atoms with Crippen LogP contribution in [0.1, 0.15) is 90.5 Å². The highest BCUT2D eigenvalue weighted by molar-refractivity contribution is 5.15. The van der Waals surface area contributed by atoms with E-state index in [2.05, 4.69) is 51.1 Å². The van der Waals surface area contributed by atoms with Crippen LogP contribution in [0.15, 0.2) is 30.3 Å². The van der Waals surface area contributed by atoms with E-state index in [1.54, 1.807) is 0 Å². The Morgan fingerprint density at radius 1 is 0.769 bits per heavy atom. The molecular formula is C26H42. The van der Waals surface area contributed by atoms with E-state index in [1.807, 2.05) is 0 Å². The largest absolute Gasteiger partial charge is 0.0654 e. The van der Waals surface area contributed by atoms with Crippen molar-refractivity contribution in [1.82, 2.24) is 0 Å². The maximum Gasteiger partial charge on any atom is -0.0250 e. The van der Waals surface area contributed by atoms with Crippen LogP contribution in [0.3, 0.4) is 0 Å². The van der Waals surface area contributed by atoms with Crippen LogP contribution in [0.4, 0.5) is 0 Å². The van der Waals surface area contributed by atoms with E-state index in [9.17, 15) is 0 Å². The molecule has 2 aliphatic rings. The van der Waals surface area contributed by atoms with Gasteiger partial charge in [-0.15, -0.1) is 0 Å². The van der Waals surface area contributed by atoms with Crippen molar-refractivity contribution in [3.05, 3.63) is 35.9 Å². The van der Waals surface area contributed by atoms with E-state index in [0.717, 1.165) is 35.5 Å². The van der Waals surface area contributed by atoms with Crippen molar-refractivity contribution < 1.29 is 0 Å². The van der Waals surface area contributed by atoms with Crippen molar-refractivity contribution in [1.29, 1.82) is 0 Å². The van der Waals surface area contributed by atoms with Gasteiger partial charge in [0.15, 0.2) is 0 Å². The Labute approximate surface area is 163 Å². The van der Waals surface area contributed by atoms with Crippen molar-refractivity contribution in [2.75, 3.05) is 0 Å². The minimum absolute atomic E-state index is 0.845. The lowest BCUT2D eigenvalue weighted by Crippen LogP contribution is -2.30. The van der Waals surface area contributed by atoms with Gasteiger partial charge >= 0.3 is 0 Å². The maximum atomic E-state index is 2.60. The van der Waals surface area contributed by atoms with Gasteiger partial charge in [0.05, 0.1) is 0 Å². The second kappa shape index (κ2) is 9.95. The highest BCUT2D eigenvalue weighted by atomic mass is 14.4. The van der Waals surface area contributed by atoms with Crippen LogP contribution in [-0.2, 0) is 6.42 Å². The highest BCUT2D eigenvalue weighted by Gasteiger charge is 2.33. The standard InChI is InChI=1S/C26H42/c1-4-8-22-11-13-25(14-12-22)21(3)26-17-15-24(16-18-26)20(2)19-23-9-6-5-7-10-23/h5-7,9-10,20-22,24-26H,4,8,11-19H2,1-3H3. The lowest BCUT2D eigenvalue weighted by Gasteiger charge is -2.40. The zero-order valence-corrected chi connectivity index (χ0v) is 17.6. The third-order valence-electron chi connectivity index (χ3n) is 8.10. The van der Waals surface area contributed by atoms with Crippen molar-refractivity contribution in [3.63, 3.8) is 0 Å². The van der Waals surface area contributed by atoms with Gasteiger partial charge in [0.25, 0.3) is 0 Å². The molecule has 2 aliphatic carbocycles. The van der Waals surface area contributed by atoms with Gasteiger partial charge < -0.3 is 0 Å². The zero-order chi connectivity index (χ0) is 18.4. The fraction of sp³-hybridized carbons (Fsp3) is 0.769. The normalized spacial score (nSPS) is 32.1. The first-order valence-corrected chi connectivity index (χ1v) is 11.7. The third-order valence-corrected chi connectivity index (χ3v) is 8.10.